The van der Waals surface area contributed by atoms with Crippen LogP contribution in [0.2, 0.25) is 0 Å². The van der Waals surface area contributed by atoms with Gasteiger partial charge in [-0.1, -0.05) is 0 Å². The summed E-state index contributed by atoms with van der Waals surface area (Å²) in [5.74, 6) is -0.312. The monoisotopic (exact) mass is 534 g/mol. The fourth-order valence-corrected chi connectivity index (χ4v) is 6.59. The van der Waals surface area contributed by atoms with Crippen LogP contribution in [0.5, 0.6) is 0 Å². The molecule has 38 heavy (non-hydrogen) atoms. The number of nitriles is 1. The van der Waals surface area contributed by atoms with Crippen LogP contribution in [0.15, 0.2) is 53.8 Å². The Morgan fingerprint density at radius 2 is 1.89 bits per heavy atom. The van der Waals surface area contributed by atoms with Gasteiger partial charge in [-0.25, -0.2) is 17.5 Å². The Hall–Kier alpha value is -3.66. The van der Waals surface area contributed by atoms with E-state index in [0.717, 1.165) is 40.6 Å². The summed E-state index contributed by atoms with van der Waals surface area (Å²) in [5.41, 5.74) is 3.23. The third kappa shape index (κ3) is 4.26. The maximum Gasteiger partial charge on any atom is 0.264 e. The molecule has 0 N–H and O–H groups in total. The molecule has 4 aromatic rings. The van der Waals surface area contributed by atoms with Crippen molar-refractivity contribution in [1.82, 2.24) is 34.0 Å². The molecule has 10 nitrogen and oxygen atoms in total. The smallest absolute Gasteiger partial charge is 0.264 e. The quantitative estimate of drug-likeness (QED) is 0.374. The Balaban J connectivity index is 1.39. The summed E-state index contributed by atoms with van der Waals surface area (Å²) in [6.45, 7) is 3.64. The number of hydrogen-bond acceptors (Lipinski definition) is 7. The highest BCUT2D eigenvalue weighted by Gasteiger charge is 2.47. The first kappa shape index (κ1) is 24.7. The third-order valence-electron chi connectivity index (χ3n) is 7.62. The van der Waals surface area contributed by atoms with Gasteiger partial charge in [-0.05, 0) is 67.3 Å². The zero-order chi connectivity index (χ0) is 26.7. The van der Waals surface area contributed by atoms with Gasteiger partial charge in [0, 0.05) is 44.7 Å². The van der Waals surface area contributed by atoms with Crippen molar-refractivity contribution in [2.24, 2.45) is 12.5 Å². The van der Waals surface area contributed by atoms with E-state index < -0.39 is 10.0 Å². The van der Waals surface area contributed by atoms with Crippen LogP contribution in [-0.4, -0.2) is 68.6 Å². The van der Waals surface area contributed by atoms with E-state index in [1.54, 1.807) is 30.1 Å². The number of rotatable bonds is 6. The summed E-state index contributed by atoms with van der Waals surface area (Å²) < 4.78 is 43.5. The van der Waals surface area contributed by atoms with Crippen LogP contribution in [0.1, 0.15) is 30.0 Å². The Kier molecular flexibility index (Phi) is 5.82. The van der Waals surface area contributed by atoms with Crippen LogP contribution < -0.4 is 0 Å². The largest absolute Gasteiger partial charge is 0.292 e. The molecular formula is C26H27FN8O2S. The van der Waals surface area contributed by atoms with E-state index in [-0.39, 0.29) is 28.8 Å². The molecule has 1 saturated heterocycles. The summed E-state index contributed by atoms with van der Waals surface area (Å²) in [5, 5.41) is 23.1. The lowest BCUT2D eigenvalue weighted by Crippen LogP contribution is -2.51. The minimum atomic E-state index is -3.83. The number of aromatic nitrogens is 5. The summed E-state index contributed by atoms with van der Waals surface area (Å²) in [6.07, 6.45) is 4.75. The highest BCUT2D eigenvalue weighted by atomic mass is 32.2. The fraction of sp³-hybridized carbons (Fsp3) is 0.385. The average Bonchev–Trinajstić information content (AvgIpc) is 3.33. The van der Waals surface area contributed by atoms with Crippen molar-refractivity contribution in [3.05, 3.63) is 65.7 Å². The highest BCUT2D eigenvalue weighted by molar-refractivity contribution is 7.89. The maximum absolute atomic E-state index is 13.5. The average molecular weight is 535 g/mol. The van der Waals surface area contributed by atoms with Crippen LogP contribution in [0.3, 0.4) is 0 Å². The van der Waals surface area contributed by atoms with Gasteiger partial charge in [0.1, 0.15) is 5.82 Å². The molecule has 1 saturated carbocycles. The van der Waals surface area contributed by atoms with Crippen molar-refractivity contribution in [3.63, 3.8) is 0 Å². The van der Waals surface area contributed by atoms with Crippen LogP contribution in [-0.2, 0) is 17.1 Å². The second-order valence-electron chi connectivity index (χ2n) is 10.2. The zero-order valence-electron chi connectivity index (χ0n) is 21.1. The topological polar surface area (TPSA) is 113 Å². The molecule has 12 heteroatoms. The molecular weight excluding hydrogens is 507 g/mol. The predicted molar refractivity (Wildman–Crippen MR) is 137 cm³/mol. The first-order valence-electron chi connectivity index (χ1n) is 12.5. The summed E-state index contributed by atoms with van der Waals surface area (Å²) >= 11 is 0. The number of sulfonamides is 1. The Bertz CT molecular complexity index is 1670. The van der Waals surface area contributed by atoms with Crippen LogP contribution in [0, 0.1) is 29.5 Å². The Morgan fingerprint density at radius 3 is 2.55 bits per heavy atom. The zero-order valence-corrected chi connectivity index (χ0v) is 21.9. The molecule has 2 fully saturated rings. The number of benzene rings is 2. The molecule has 2 aliphatic rings. The fourth-order valence-electron chi connectivity index (χ4n) is 5.26. The lowest BCUT2D eigenvalue weighted by atomic mass is 9.95. The molecule has 1 aliphatic heterocycles. The molecule has 2 aromatic heterocycles. The molecule has 3 heterocycles. The number of piperazine rings is 1. The summed E-state index contributed by atoms with van der Waals surface area (Å²) in [7, 11) is -2.25. The van der Waals surface area contributed by atoms with Gasteiger partial charge < -0.3 is 0 Å². The minimum absolute atomic E-state index is 0.0735. The normalized spacial score (nSPS) is 20.0. The van der Waals surface area contributed by atoms with Gasteiger partial charge in [-0.3, -0.25) is 4.90 Å². The SMILES string of the molecule is Cc1cc2c(cnn2-c2ccc(F)cc2)cc1C1CN(S(=O)(=O)c2cnn(C)n2)CCN1CC1(C#N)CC1. The van der Waals surface area contributed by atoms with E-state index in [9.17, 15) is 18.1 Å². The van der Waals surface area contributed by atoms with Crippen molar-refractivity contribution in [3.8, 4) is 11.8 Å². The minimum Gasteiger partial charge on any atom is -0.292 e. The van der Waals surface area contributed by atoms with Gasteiger partial charge >= 0.3 is 0 Å². The molecule has 196 valence electrons. The van der Waals surface area contributed by atoms with Crippen molar-refractivity contribution < 1.29 is 12.8 Å². The van der Waals surface area contributed by atoms with E-state index in [2.05, 4.69) is 32.3 Å². The van der Waals surface area contributed by atoms with Crippen molar-refractivity contribution >= 4 is 20.9 Å². The van der Waals surface area contributed by atoms with Gasteiger partial charge in [0.05, 0.1) is 35.1 Å². The number of fused-ring (bicyclic) bond motifs is 1. The third-order valence-corrected chi connectivity index (χ3v) is 9.35. The summed E-state index contributed by atoms with van der Waals surface area (Å²) in [6, 6.07) is 12.5. The van der Waals surface area contributed by atoms with Gasteiger partial charge in [0.2, 0.25) is 5.03 Å². The van der Waals surface area contributed by atoms with E-state index >= 15 is 0 Å². The maximum atomic E-state index is 13.5. The molecule has 0 amide bonds. The van der Waals surface area contributed by atoms with Gasteiger partial charge in [-0.15, -0.1) is 5.10 Å². The second-order valence-corrected chi connectivity index (χ2v) is 12.1. The molecule has 1 unspecified atom stereocenters. The molecule has 0 bridgehead atoms. The van der Waals surface area contributed by atoms with Gasteiger partial charge in [0.15, 0.2) is 0 Å². The van der Waals surface area contributed by atoms with Crippen molar-refractivity contribution in [2.45, 2.75) is 30.8 Å². The van der Waals surface area contributed by atoms with E-state index in [1.165, 1.54) is 27.4 Å². The second kappa shape index (κ2) is 8.97. The molecule has 0 spiro atoms. The molecule has 1 atom stereocenters. The molecule has 0 radical (unpaired) electrons. The first-order chi connectivity index (χ1) is 18.2. The lowest BCUT2D eigenvalue weighted by molar-refractivity contribution is 0.103. The number of hydrogen-bond donors (Lipinski definition) is 0. The van der Waals surface area contributed by atoms with E-state index in [4.69, 9.17) is 0 Å². The molecule has 2 aromatic carbocycles. The van der Waals surface area contributed by atoms with E-state index in [0.29, 0.717) is 19.6 Å². The van der Waals surface area contributed by atoms with Gasteiger partial charge in [-0.2, -0.15) is 24.6 Å². The number of halogens is 1. The standard InChI is InChI=1S/C26H27FN8O2S/c1-18-11-23-19(13-30-35(23)21-5-3-20(27)4-6-21)12-22(18)24-15-34(38(36,37)25-14-29-32(2)31-25)10-9-33(24)17-26(16-28)7-8-26/h3-6,11-14,24H,7-10,15,17H2,1-2H3. The van der Waals surface area contributed by atoms with Crippen molar-refractivity contribution in [2.75, 3.05) is 26.2 Å². The number of nitrogens with zero attached hydrogens (tertiary/aromatic N) is 8. The van der Waals surface area contributed by atoms with Gasteiger partial charge in [0.25, 0.3) is 10.0 Å². The van der Waals surface area contributed by atoms with Crippen LogP contribution in [0.4, 0.5) is 4.39 Å². The van der Waals surface area contributed by atoms with E-state index in [1.807, 2.05) is 13.0 Å². The predicted octanol–water partition coefficient (Wildman–Crippen LogP) is 2.95. The lowest BCUT2D eigenvalue weighted by Gasteiger charge is -2.42. The Morgan fingerprint density at radius 1 is 1.13 bits per heavy atom. The Labute approximate surface area is 219 Å². The van der Waals surface area contributed by atoms with Crippen LogP contribution in [0.25, 0.3) is 16.6 Å². The summed E-state index contributed by atoms with van der Waals surface area (Å²) in [4.78, 5) is 3.48. The first-order valence-corrected chi connectivity index (χ1v) is 13.9. The van der Waals surface area contributed by atoms with Crippen molar-refractivity contribution in [1.29, 1.82) is 5.26 Å². The number of aryl methyl sites for hydroxylation is 2. The van der Waals surface area contributed by atoms with Crippen LogP contribution >= 0.6 is 0 Å². The molecule has 6 rings (SSSR count). The molecule has 1 aliphatic carbocycles. The highest BCUT2D eigenvalue weighted by Crippen LogP contribution is 2.47.